The molecule has 2 aromatic carbocycles. The number of carbonyl (C=O) groups excluding carboxylic acids is 1. The summed E-state index contributed by atoms with van der Waals surface area (Å²) in [5.41, 5.74) is 2.74. The summed E-state index contributed by atoms with van der Waals surface area (Å²) in [5.74, 6) is -0.606. The molecule has 3 aromatic rings. The van der Waals surface area contributed by atoms with E-state index in [2.05, 4.69) is 19.8 Å². The maximum absolute atomic E-state index is 13.7. The average molecular weight is 572 g/mol. The van der Waals surface area contributed by atoms with Crippen LogP contribution in [0.4, 0.5) is 14.5 Å². The number of piperazine rings is 1. The molecule has 1 aromatic heterocycles. The van der Waals surface area contributed by atoms with E-state index in [4.69, 9.17) is 4.98 Å². The predicted molar refractivity (Wildman–Crippen MR) is 154 cm³/mol. The Morgan fingerprint density at radius 2 is 1.67 bits per heavy atom. The lowest BCUT2D eigenvalue weighted by Gasteiger charge is -2.41. The highest BCUT2D eigenvalue weighted by molar-refractivity contribution is 7.88. The molecule has 5 rings (SSSR count). The maximum Gasteiger partial charge on any atom is 0.257 e. The maximum atomic E-state index is 13.7. The highest BCUT2D eigenvalue weighted by Crippen LogP contribution is 2.39. The summed E-state index contributed by atoms with van der Waals surface area (Å²) in [4.78, 5) is 22.7. The molecule has 1 aliphatic heterocycles. The third-order valence-corrected chi connectivity index (χ3v) is 9.09. The van der Waals surface area contributed by atoms with E-state index < -0.39 is 10.0 Å². The number of rotatable bonds is 8. The molecule has 0 bridgehead atoms. The summed E-state index contributed by atoms with van der Waals surface area (Å²) in [7, 11) is -3.30. The monoisotopic (exact) mass is 571 g/mol. The summed E-state index contributed by atoms with van der Waals surface area (Å²) < 4.78 is 38.8. The quantitative estimate of drug-likeness (QED) is 0.407. The van der Waals surface area contributed by atoms with E-state index in [-0.39, 0.29) is 18.3 Å². The summed E-state index contributed by atoms with van der Waals surface area (Å²) in [5, 5.41) is 4.37. The zero-order valence-corrected chi connectivity index (χ0v) is 23.7. The fraction of sp³-hybridized carbons (Fsp3) is 0.429. The van der Waals surface area contributed by atoms with Crippen LogP contribution in [-0.2, 0) is 16.6 Å². The van der Waals surface area contributed by atoms with Gasteiger partial charge in [0.25, 0.3) is 5.91 Å². The molecule has 1 amide bonds. The second-order valence-corrected chi connectivity index (χ2v) is 13.0. The number of nitrogens with zero attached hydrogens (tertiary/aromatic N) is 3. The molecule has 1 saturated carbocycles. The Labute approximate surface area is 233 Å². The van der Waals surface area contributed by atoms with E-state index in [1.165, 1.54) is 55.6 Å². The molecule has 2 fully saturated rings. The number of sulfonamides is 1. The molecule has 2 aliphatic rings. The predicted octanol–water partition coefficient (Wildman–Crippen LogP) is 4.71. The Hall–Kier alpha value is -2.86. The van der Waals surface area contributed by atoms with Gasteiger partial charge in [-0.15, -0.1) is 0 Å². The Kier molecular flexibility index (Phi) is 8.61. The zero-order chi connectivity index (χ0) is 27.4. The van der Waals surface area contributed by atoms with Crippen molar-refractivity contribution in [2.24, 2.45) is 0 Å². The molecule has 11 heteroatoms. The second kappa shape index (κ2) is 12.1. The van der Waals surface area contributed by atoms with Crippen LogP contribution in [0.1, 0.15) is 48.0 Å². The molecule has 2 N–H and O–H groups in total. The fourth-order valence-electron chi connectivity index (χ4n) is 5.27. The number of hydrogen-bond acceptors (Lipinski definition) is 7. The van der Waals surface area contributed by atoms with Crippen molar-refractivity contribution in [2.45, 2.75) is 44.7 Å². The number of thiazole rings is 1. The van der Waals surface area contributed by atoms with Crippen LogP contribution < -0.4 is 14.9 Å². The number of hydrogen-bond donors (Lipinski definition) is 2. The Balaban J connectivity index is 1.31. The molecule has 1 aliphatic carbocycles. The van der Waals surface area contributed by atoms with Crippen LogP contribution in [0.5, 0.6) is 0 Å². The number of aromatic nitrogens is 1. The van der Waals surface area contributed by atoms with Gasteiger partial charge in [-0.1, -0.05) is 42.7 Å². The number of benzene rings is 2. The van der Waals surface area contributed by atoms with Gasteiger partial charge in [-0.25, -0.2) is 22.5 Å². The smallest absolute Gasteiger partial charge is 0.257 e. The van der Waals surface area contributed by atoms with Gasteiger partial charge < -0.3 is 4.90 Å². The first-order valence-corrected chi connectivity index (χ1v) is 16.1. The standard InChI is InChI=1S/C28H34FN5O3S2/c1-39(36,37)30-19-20-7-9-22(10-8-20)26(35)32-28-31-25(21-11-13-23(29)14-12-21)27(38-28)34-17-15-33(16-18-34)24-5-3-2-4-6-24/h7-14,24,30H,2-6,15-19H2,1H3,(H,31,32,35). The van der Waals surface area contributed by atoms with Crippen LogP contribution >= 0.6 is 11.3 Å². The first kappa shape index (κ1) is 27.7. The van der Waals surface area contributed by atoms with Gasteiger partial charge >= 0.3 is 0 Å². The Morgan fingerprint density at radius 1 is 1.00 bits per heavy atom. The van der Waals surface area contributed by atoms with E-state index in [1.54, 1.807) is 36.4 Å². The molecule has 0 spiro atoms. The zero-order valence-electron chi connectivity index (χ0n) is 22.0. The third-order valence-electron chi connectivity index (χ3n) is 7.39. The lowest BCUT2D eigenvalue weighted by atomic mass is 9.94. The Bertz CT molecular complexity index is 1380. The van der Waals surface area contributed by atoms with E-state index in [0.29, 0.717) is 16.7 Å². The minimum absolute atomic E-state index is 0.158. The van der Waals surface area contributed by atoms with Crippen molar-refractivity contribution in [1.82, 2.24) is 14.6 Å². The summed E-state index contributed by atoms with van der Waals surface area (Å²) in [6, 6.07) is 13.7. The minimum Gasteiger partial charge on any atom is -0.359 e. The summed E-state index contributed by atoms with van der Waals surface area (Å²) in [6.45, 7) is 3.90. The van der Waals surface area contributed by atoms with Crippen molar-refractivity contribution >= 4 is 37.4 Å². The number of amides is 1. The number of halogens is 1. The van der Waals surface area contributed by atoms with Crippen molar-refractivity contribution in [1.29, 1.82) is 0 Å². The van der Waals surface area contributed by atoms with Gasteiger partial charge in [-0.2, -0.15) is 0 Å². The second-order valence-electron chi connectivity index (χ2n) is 10.2. The van der Waals surface area contributed by atoms with Gasteiger partial charge in [0.05, 0.1) is 6.26 Å². The topological polar surface area (TPSA) is 94.6 Å². The molecule has 0 unspecified atom stereocenters. The van der Waals surface area contributed by atoms with Gasteiger partial charge in [-0.3, -0.25) is 15.0 Å². The minimum atomic E-state index is -3.30. The molecule has 208 valence electrons. The lowest BCUT2D eigenvalue weighted by Crippen LogP contribution is -2.50. The highest BCUT2D eigenvalue weighted by Gasteiger charge is 2.28. The first-order valence-electron chi connectivity index (χ1n) is 13.4. The van der Waals surface area contributed by atoms with Crippen LogP contribution in [0.3, 0.4) is 0 Å². The Morgan fingerprint density at radius 3 is 2.31 bits per heavy atom. The van der Waals surface area contributed by atoms with E-state index in [9.17, 15) is 17.6 Å². The van der Waals surface area contributed by atoms with Crippen LogP contribution in [0.15, 0.2) is 48.5 Å². The lowest BCUT2D eigenvalue weighted by molar-refractivity contribution is 0.102. The van der Waals surface area contributed by atoms with E-state index in [1.807, 2.05) is 0 Å². The van der Waals surface area contributed by atoms with Gasteiger partial charge in [0, 0.05) is 49.9 Å². The number of carbonyl (C=O) groups is 1. The van der Waals surface area contributed by atoms with Crippen molar-refractivity contribution < 1.29 is 17.6 Å². The van der Waals surface area contributed by atoms with Crippen LogP contribution in [-0.4, -0.2) is 62.7 Å². The number of nitrogens with one attached hydrogen (secondary N) is 2. The van der Waals surface area contributed by atoms with Crippen molar-refractivity contribution in [2.75, 3.05) is 42.7 Å². The SMILES string of the molecule is CS(=O)(=O)NCc1ccc(C(=O)Nc2nc(-c3ccc(F)cc3)c(N3CCN(C4CCCCC4)CC3)s2)cc1. The normalized spacial score (nSPS) is 17.3. The average Bonchev–Trinajstić information content (AvgIpc) is 3.36. The molecule has 8 nitrogen and oxygen atoms in total. The van der Waals surface area contributed by atoms with E-state index in [0.717, 1.165) is 54.3 Å². The van der Waals surface area contributed by atoms with Gasteiger partial charge in [-0.05, 0) is 54.8 Å². The van der Waals surface area contributed by atoms with Gasteiger partial charge in [0.1, 0.15) is 16.5 Å². The van der Waals surface area contributed by atoms with Crippen molar-refractivity contribution in [3.05, 3.63) is 65.5 Å². The molecule has 2 heterocycles. The fourth-order valence-corrected chi connectivity index (χ4v) is 6.73. The van der Waals surface area contributed by atoms with Crippen LogP contribution in [0.2, 0.25) is 0 Å². The molecular weight excluding hydrogens is 537 g/mol. The largest absolute Gasteiger partial charge is 0.359 e. The molecule has 1 saturated heterocycles. The first-order chi connectivity index (χ1) is 18.7. The highest BCUT2D eigenvalue weighted by atomic mass is 32.2. The molecular formula is C28H34FN5O3S2. The number of anilines is 2. The molecule has 0 atom stereocenters. The van der Waals surface area contributed by atoms with Crippen LogP contribution in [0.25, 0.3) is 11.3 Å². The van der Waals surface area contributed by atoms with Gasteiger partial charge in [0.15, 0.2) is 5.13 Å². The van der Waals surface area contributed by atoms with Crippen LogP contribution in [0, 0.1) is 5.82 Å². The van der Waals surface area contributed by atoms with Crippen molar-refractivity contribution in [3.8, 4) is 11.3 Å². The summed E-state index contributed by atoms with van der Waals surface area (Å²) >= 11 is 1.43. The third kappa shape index (κ3) is 7.21. The summed E-state index contributed by atoms with van der Waals surface area (Å²) in [6.07, 6.45) is 7.65. The van der Waals surface area contributed by atoms with Gasteiger partial charge in [0.2, 0.25) is 10.0 Å². The van der Waals surface area contributed by atoms with Crippen molar-refractivity contribution in [3.63, 3.8) is 0 Å². The van der Waals surface area contributed by atoms with E-state index >= 15 is 0 Å². The molecule has 0 radical (unpaired) electrons. The molecule has 39 heavy (non-hydrogen) atoms.